The van der Waals surface area contributed by atoms with Gasteiger partial charge in [0.2, 0.25) is 5.95 Å². The minimum atomic E-state index is -4.31. The minimum Gasteiger partial charge on any atom is -0.407 e. The SMILES string of the molecule is CO[C@H]1[C@H]2OP(=O)(S)OC[C@H]3O[C@@H](n4cc5c6c(ncnc64)NCCC5)[C@H](O[Si](C)(C)C(C)(C)C)[C@@H]3OP(=O)(S)OC[C@H]1O[C@H]2n1cnc2c(N)nc(NCC3(N)CC3)nc21. The van der Waals surface area contributed by atoms with Crippen molar-refractivity contribution in [3.05, 3.63) is 24.4 Å². The zero-order valence-corrected chi connectivity index (χ0v) is 39.2. The highest BCUT2D eigenvalue weighted by Gasteiger charge is 2.56. The molecule has 3 saturated heterocycles. The Bertz CT molecular complexity index is 2420. The van der Waals surface area contributed by atoms with Gasteiger partial charge in [-0.1, -0.05) is 45.3 Å². The van der Waals surface area contributed by atoms with E-state index in [0.29, 0.717) is 12.2 Å². The molecule has 334 valence electrons. The van der Waals surface area contributed by atoms with Crippen molar-refractivity contribution in [3.63, 3.8) is 0 Å². The third-order valence-corrected chi connectivity index (χ3v) is 20.2. The molecule has 2 unspecified atom stereocenters. The molecule has 4 aromatic rings. The number of hydrogen-bond acceptors (Lipinski definition) is 19. The molecule has 2 bridgehead atoms. The molecule has 6 N–H and O–H groups in total. The fourth-order valence-electron chi connectivity index (χ4n) is 7.96. The highest BCUT2D eigenvalue weighted by Crippen LogP contribution is 2.61. The van der Waals surface area contributed by atoms with Crippen LogP contribution in [-0.4, -0.2) is 118 Å². The average molecular weight is 942 g/mol. The van der Waals surface area contributed by atoms with Crippen LogP contribution in [0.1, 0.15) is 58.1 Å². The maximum atomic E-state index is 14.5. The first-order chi connectivity index (χ1) is 28.8. The first-order valence-corrected chi connectivity index (χ1v) is 28.5. The summed E-state index contributed by atoms with van der Waals surface area (Å²) in [5.74, 6) is 1.07. The molecular formula is C35H53N11O10P2S2Si. The second-order valence-electron chi connectivity index (χ2n) is 17.8. The van der Waals surface area contributed by atoms with E-state index in [1.807, 2.05) is 10.8 Å². The Labute approximate surface area is 363 Å². The molecule has 4 aromatic heterocycles. The van der Waals surface area contributed by atoms with Crippen LogP contribution in [0.3, 0.4) is 0 Å². The lowest BCUT2D eigenvalue weighted by Crippen LogP contribution is -2.49. The number of methoxy groups -OCH3 is 1. The summed E-state index contributed by atoms with van der Waals surface area (Å²) in [5.41, 5.74) is 14.5. The lowest BCUT2D eigenvalue weighted by Gasteiger charge is -2.40. The molecule has 9 rings (SSSR count). The summed E-state index contributed by atoms with van der Waals surface area (Å²) in [6.45, 7) is 2.42. The topological polar surface area (TPSA) is 258 Å². The number of hydrogen-bond donors (Lipinski definition) is 6. The van der Waals surface area contributed by atoms with Crippen LogP contribution in [0.25, 0.3) is 22.2 Å². The maximum Gasteiger partial charge on any atom is 0.386 e. The van der Waals surface area contributed by atoms with E-state index in [9.17, 15) is 9.13 Å². The van der Waals surface area contributed by atoms with Gasteiger partial charge in [0.15, 0.2) is 32.2 Å². The smallest absolute Gasteiger partial charge is 0.386 e. The van der Waals surface area contributed by atoms with E-state index in [4.69, 9.17) is 48.2 Å². The number of aromatic nitrogens is 7. The van der Waals surface area contributed by atoms with Crippen LogP contribution in [0, 0.1) is 0 Å². The predicted octanol–water partition coefficient (Wildman–Crippen LogP) is 5.21. The molecule has 8 heterocycles. The summed E-state index contributed by atoms with van der Waals surface area (Å²) in [4.78, 5) is 22.7. The Morgan fingerprint density at radius 2 is 1.69 bits per heavy atom. The molecule has 0 aromatic carbocycles. The molecule has 1 aliphatic carbocycles. The maximum absolute atomic E-state index is 14.5. The Balaban J connectivity index is 1.07. The highest BCUT2D eigenvalue weighted by atomic mass is 32.7. The number of nitrogens with zero attached hydrogens (tertiary/aromatic N) is 7. The van der Waals surface area contributed by atoms with Crippen molar-refractivity contribution in [3.8, 4) is 0 Å². The van der Waals surface area contributed by atoms with Gasteiger partial charge in [0.05, 0.1) is 24.9 Å². The van der Waals surface area contributed by atoms with E-state index >= 15 is 0 Å². The molecule has 4 aliphatic heterocycles. The Morgan fingerprint density at radius 3 is 2.39 bits per heavy atom. The van der Waals surface area contributed by atoms with Crippen LogP contribution in [0.5, 0.6) is 0 Å². The first kappa shape index (κ1) is 43.8. The Morgan fingerprint density at radius 1 is 0.984 bits per heavy atom. The average Bonchev–Trinajstić information content (AvgIpc) is 3.40. The molecule has 4 fully saturated rings. The van der Waals surface area contributed by atoms with Crippen LogP contribution < -0.4 is 22.1 Å². The second-order valence-corrected chi connectivity index (χ2v) is 28.3. The summed E-state index contributed by atoms with van der Waals surface area (Å²) in [6.07, 6.45) is 0.197. The van der Waals surface area contributed by atoms with Gasteiger partial charge < -0.3 is 45.3 Å². The third kappa shape index (κ3) is 8.51. The summed E-state index contributed by atoms with van der Waals surface area (Å²) < 4.78 is 83.4. The molecule has 5 aliphatic rings. The van der Waals surface area contributed by atoms with Crippen LogP contribution in [0.15, 0.2) is 18.9 Å². The fraction of sp³-hybridized carbons (Fsp3) is 0.686. The number of thiol groups is 2. The van der Waals surface area contributed by atoms with Crippen LogP contribution >= 0.6 is 38.1 Å². The number of ether oxygens (including phenoxy) is 3. The zero-order valence-electron chi connectivity index (χ0n) is 34.7. The standard InChI is InChI=1S/C35H53N11O10P2S2Si/c1-34(2,3)61(5,6)56-26-24-20(53-32(26)45-12-18-8-7-11-38-28-21(18)29(45)41-16-40-28)14-51-58(48,60)55-25-23(49-4)19(13-50-57(47,59)54-24)52-31(25)46-17-42-22-27(36)43-33(44-30(22)46)39-15-35(37)9-10-35/h12,16-17,19-20,23-26,31-32H,7-11,13-15,37H2,1-6H3,(H,47,59)(H,48,60)(H,38,40,41)(H3,36,39,43,44)/t19-,20-,23-,24-,25-,26-,31-,32-,57?,58?/m1/s1. The van der Waals surface area contributed by atoms with Gasteiger partial charge in [-0.25, -0.2) is 24.1 Å². The Kier molecular flexibility index (Phi) is 11.4. The minimum absolute atomic E-state index is 0.113. The van der Waals surface area contributed by atoms with Crippen LogP contribution in [0.4, 0.5) is 17.6 Å². The van der Waals surface area contributed by atoms with Crippen molar-refractivity contribution in [2.45, 2.75) is 119 Å². The summed E-state index contributed by atoms with van der Waals surface area (Å²) in [5, 5.41) is 7.19. The molecular weight excluding hydrogens is 889 g/mol. The number of aryl methyl sites for hydroxylation is 1. The number of anilines is 3. The lowest BCUT2D eigenvalue weighted by molar-refractivity contribution is -0.0578. The van der Waals surface area contributed by atoms with E-state index in [2.05, 4.69) is 93.9 Å². The van der Waals surface area contributed by atoms with Gasteiger partial charge in [-0.15, -0.1) is 0 Å². The van der Waals surface area contributed by atoms with Crippen molar-refractivity contribution >= 4 is 86.2 Å². The number of rotatable bonds is 8. The van der Waals surface area contributed by atoms with Gasteiger partial charge in [0.1, 0.15) is 59.9 Å². The molecule has 1 saturated carbocycles. The van der Waals surface area contributed by atoms with E-state index in [0.717, 1.165) is 49.0 Å². The van der Waals surface area contributed by atoms with Gasteiger partial charge >= 0.3 is 13.6 Å². The number of nitrogens with two attached hydrogens (primary N) is 2. The summed E-state index contributed by atoms with van der Waals surface area (Å²) in [6, 6.07) is 0. The molecule has 0 radical (unpaired) electrons. The van der Waals surface area contributed by atoms with Crippen molar-refractivity contribution < 1.29 is 45.9 Å². The summed E-state index contributed by atoms with van der Waals surface area (Å²) in [7, 11) is -1.20. The van der Waals surface area contributed by atoms with E-state index in [1.165, 1.54) is 19.8 Å². The lowest BCUT2D eigenvalue weighted by atomic mass is 10.1. The number of nitrogen functional groups attached to an aromatic ring is 1. The predicted molar refractivity (Wildman–Crippen MR) is 234 cm³/mol. The molecule has 21 nitrogen and oxygen atoms in total. The highest BCUT2D eigenvalue weighted by molar-refractivity contribution is 8.44. The van der Waals surface area contributed by atoms with E-state index in [-0.39, 0.29) is 40.1 Å². The van der Waals surface area contributed by atoms with E-state index < -0.39 is 77.6 Å². The fourth-order valence-corrected chi connectivity index (χ4v) is 12.2. The van der Waals surface area contributed by atoms with Crippen LogP contribution in [-0.2, 0) is 52.3 Å². The quantitative estimate of drug-likeness (QED) is 0.0753. The zero-order chi connectivity index (χ0) is 43.3. The van der Waals surface area contributed by atoms with E-state index in [1.54, 1.807) is 4.57 Å². The van der Waals surface area contributed by atoms with Crippen molar-refractivity contribution in [1.29, 1.82) is 0 Å². The molecule has 0 spiro atoms. The number of fused-ring (bicyclic) bond motifs is 4. The van der Waals surface area contributed by atoms with Crippen molar-refractivity contribution in [2.24, 2.45) is 5.73 Å². The first-order valence-electron chi connectivity index (χ1n) is 20.2. The number of imidazole rings is 1. The molecule has 0 amide bonds. The monoisotopic (exact) mass is 941 g/mol. The van der Waals surface area contributed by atoms with Gasteiger partial charge in [-0.2, -0.15) is 9.97 Å². The second kappa shape index (κ2) is 15.9. The molecule has 61 heavy (non-hydrogen) atoms. The normalized spacial score (nSPS) is 34.2. The molecule has 10 atom stereocenters. The largest absolute Gasteiger partial charge is 0.407 e. The van der Waals surface area contributed by atoms with Gasteiger partial charge in [-0.05, 0) is 49.4 Å². The van der Waals surface area contributed by atoms with Gasteiger partial charge in [-0.3, -0.25) is 22.7 Å². The van der Waals surface area contributed by atoms with Crippen molar-refractivity contribution in [2.75, 3.05) is 49.8 Å². The summed E-state index contributed by atoms with van der Waals surface area (Å²) >= 11 is 8.94. The Hall–Kier alpha value is -2.41. The van der Waals surface area contributed by atoms with Crippen LogP contribution in [0.2, 0.25) is 18.1 Å². The number of nitrogens with one attached hydrogen (secondary N) is 2. The van der Waals surface area contributed by atoms with Crippen molar-refractivity contribution in [1.82, 2.24) is 34.1 Å². The molecule has 26 heteroatoms. The van der Waals surface area contributed by atoms with Gasteiger partial charge in [0, 0.05) is 31.9 Å². The third-order valence-electron chi connectivity index (χ3n) is 12.5. The van der Waals surface area contributed by atoms with Gasteiger partial charge in [0.25, 0.3) is 0 Å².